The Morgan fingerprint density at radius 2 is 2.00 bits per heavy atom. The molecule has 1 fully saturated rings. The van der Waals surface area contributed by atoms with Crippen molar-refractivity contribution in [3.8, 4) is 0 Å². The number of rotatable bonds is 1. The Balaban J connectivity index is 1.87. The highest BCUT2D eigenvalue weighted by Gasteiger charge is 2.19. The van der Waals surface area contributed by atoms with Crippen LogP contribution in [-0.4, -0.2) is 16.8 Å². The lowest BCUT2D eigenvalue weighted by Crippen LogP contribution is -2.30. The summed E-state index contributed by atoms with van der Waals surface area (Å²) in [5.41, 5.74) is 0. The van der Waals surface area contributed by atoms with E-state index >= 15 is 0 Å². The Morgan fingerprint density at radius 1 is 1.18 bits per heavy atom. The van der Waals surface area contributed by atoms with Gasteiger partial charge in [-0.25, -0.2) is 0 Å². The van der Waals surface area contributed by atoms with Gasteiger partial charge in [-0.2, -0.15) is 0 Å². The van der Waals surface area contributed by atoms with Gasteiger partial charge in [-0.15, -0.1) is 11.8 Å². The van der Waals surface area contributed by atoms with Crippen molar-refractivity contribution in [1.29, 1.82) is 0 Å². The summed E-state index contributed by atoms with van der Waals surface area (Å²) in [5.74, 6) is 1.20. The van der Waals surface area contributed by atoms with Crippen molar-refractivity contribution in [2.75, 3.05) is 5.88 Å². The number of thioether (sulfide) groups is 1. The van der Waals surface area contributed by atoms with Crippen molar-refractivity contribution >= 4 is 11.8 Å². The molecule has 2 rings (SSSR count). The molecule has 62 valence electrons. The Hall–Kier alpha value is -0.110. The van der Waals surface area contributed by atoms with Crippen molar-refractivity contribution in [2.24, 2.45) is 0 Å². The van der Waals surface area contributed by atoms with Crippen LogP contribution in [0.5, 0.6) is 0 Å². The topological polar surface area (TPSA) is 3.24 Å². The van der Waals surface area contributed by atoms with E-state index in [2.05, 4.69) is 16.5 Å². The molecule has 2 heteroatoms. The second-order valence-electron chi connectivity index (χ2n) is 3.39. The van der Waals surface area contributed by atoms with Gasteiger partial charge in [0.2, 0.25) is 0 Å². The third-order valence-corrected chi connectivity index (χ3v) is 3.38. The fourth-order valence-electron chi connectivity index (χ4n) is 1.93. The average Bonchev–Trinajstić information content (AvgIpc) is 2.58. The molecule has 0 aromatic heterocycles. The zero-order chi connectivity index (χ0) is 7.52. The van der Waals surface area contributed by atoms with Crippen LogP contribution in [0.15, 0.2) is 11.6 Å². The van der Waals surface area contributed by atoms with E-state index in [0.29, 0.717) is 0 Å². The minimum Gasteiger partial charge on any atom is -0.364 e. The molecule has 0 atom stereocenters. The molecule has 0 radical (unpaired) electrons. The van der Waals surface area contributed by atoms with E-state index in [1.54, 1.807) is 0 Å². The Bertz CT molecular complexity index is 150. The summed E-state index contributed by atoms with van der Waals surface area (Å²) in [7, 11) is 0. The van der Waals surface area contributed by atoms with Crippen molar-refractivity contribution < 1.29 is 0 Å². The summed E-state index contributed by atoms with van der Waals surface area (Å²) < 4.78 is 0. The molecule has 0 amide bonds. The second-order valence-corrected chi connectivity index (χ2v) is 4.25. The van der Waals surface area contributed by atoms with Crippen LogP contribution in [0.25, 0.3) is 0 Å². The summed E-state index contributed by atoms with van der Waals surface area (Å²) >= 11 is 1.92. The maximum atomic E-state index is 2.50. The third-order valence-electron chi connectivity index (χ3n) is 2.62. The van der Waals surface area contributed by atoms with Gasteiger partial charge >= 0.3 is 0 Å². The van der Waals surface area contributed by atoms with Crippen LogP contribution in [0.1, 0.15) is 32.1 Å². The van der Waals surface area contributed by atoms with Crippen LogP contribution in [-0.2, 0) is 0 Å². The van der Waals surface area contributed by atoms with Gasteiger partial charge in [0.1, 0.15) is 0 Å². The van der Waals surface area contributed by atoms with Gasteiger partial charge < -0.3 is 4.90 Å². The fourth-order valence-corrected chi connectivity index (χ4v) is 2.73. The third kappa shape index (κ3) is 1.73. The maximum absolute atomic E-state index is 2.50. The van der Waals surface area contributed by atoms with Crippen molar-refractivity contribution in [3.63, 3.8) is 0 Å². The normalized spacial score (nSPS) is 26.4. The quantitative estimate of drug-likeness (QED) is 0.594. The Morgan fingerprint density at radius 3 is 2.64 bits per heavy atom. The molecule has 1 saturated carbocycles. The standard InChI is InChI=1S/C9H15NS/c1-2-4-9(5-3-1)10-6-7-11-8-10/h6-7,9H,1-5,8H2. The SMILES string of the molecule is C1=CN(C2CCCCC2)CS1. The van der Waals surface area contributed by atoms with Gasteiger partial charge in [0.15, 0.2) is 0 Å². The van der Waals surface area contributed by atoms with Crippen molar-refractivity contribution in [1.82, 2.24) is 4.90 Å². The van der Waals surface area contributed by atoms with E-state index in [9.17, 15) is 0 Å². The summed E-state index contributed by atoms with van der Waals surface area (Å²) in [6.07, 6.45) is 9.46. The first-order valence-corrected chi connectivity index (χ1v) is 5.56. The fraction of sp³-hybridized carbons (Fsp3) is 0.778. The Kier molecular flexibility index (Phi) is 2.41. The van der Waals surface area contributed by atoms with E-state index in [4.69, 9.17) is 0 Å². The van der Waals surface area contributed by atoms with Gasteiger partial charge in [0.05, 0.1) is 5.88 Å². The molecule has 0 aromatic rings. The lowest BCUT2D eigenvalue weighted by atomic mass is 9.95. The van der Waals surface area contributed by atoms with Gasteiger partial charge in [0.25, 0.3) is 0 Å². The van der Waals surface area contributed by atoms with Gasteiger partial charge in [-0.05, 0) is 18.2 Å². The molecule has 0 bridgehead atoms. The largest absolute Gasteiger partial charge is 0.364 e. The molecule has 1 heterocycles. The molecule has 1 aliphatic carbocycles. The van der Waals surface area contributed by atoms with Crippen LogP contribution < -0.4 is 0 Å². The highest BCUT2D eigenvalue weighted by molar-refractivity contribution is 8.02. The van der Waals surface area contributed by atoms with Crippen molar-refractivity contribution in [3.05, 3.63) is 11.6 Å². The molecule has 1 nitrogen and oxygen atoms in total. The summed E-state index contributed by atoms with van der Waals surface area (Å²) in [5, 5.41) is 2.22. The summed E-state index contributed by atoms with van der Waals surface area (Å²) in [4.78, 5) is 2.50. The Labute approximate surface area is 72.8 Å². The maximum Gasteiger partial charge on any atom is 0.0678 e. The van der Waals surface area contributed by atoms with Crippen molar-refractivity contribution in [2.45, 2.75) is 38.1 Å². The molecule has 0 spiro atoms. The monoisotopic (exact) mass is 169 g/mol. The molecular formula is C9H15NS. The highest BCUT2D eigenvalue weighted by atomic mass is 32.2. The van der Waals surface area contributed by atoms with Crippen LogP contribution in [0.3, 0.4) is 0 Å². The summed E-state index contributed by atoms with van der Waals surface area (Å²) in [6, 6.07) is 0.870. The van der Waals surface area contributed by atoms with Gasteiger partial charge in [0, 0.05) is 12.2 Å². The van der Waals surface area contributed by atoms with Crippen LogP contribution in [0.4, 0.5) is 0 Å². The lowest BCUT2D eigenvalue weighted by Gasteiger charge is -2.30. The van der Waals surface area contributed by atoms with E-state index in [-0.39, 0.29) is 0 Å². The molecule has 0 unspecified atom stereocenters. The molecule has 1 aliphatic heterocycles. The molecule has 0 N–H and O–H groups in total. The zero-order valence-electron chi connectivity index (χ0n) is 6.83. The van der Waals surface area contributed by atoms with Gasteiger partial charge in [-0.1, -0.05) is 19.3 Å². The minimum absolute atomic E-state index is 0.870. The van der Waals surface area contributed by atoms with Gasteiger partial charge in [-0.3, -0.25) is 0 Å². The van der Waals surface area contributed by atoms with Crippen LogP contribution in [0, 0.1) is 0 Å². The average molecular weight is 169 g/mol. The smallest absolute Gasteiger partial charge is 0.0678 e. The van der Waals surface area contributed by atoms with E-state index in [1.165, 1.54) is 38.0 Å². The van der Waals surface area contributed by atoms with Crippen LogP contribution in [0.2, 0.25) is 0 Å². The number of hydrogen-bond donors (Lipinski definition) is 0. The number of nitrogens with zero attached hydrogens (tertiary/aromatic N) is 1. The second kappa shape index (κ2) is 3.53. The highest BCUT2D eigenvalue weighted by Crippen LogP contribution is 2.27. The predicted octanol–water partition coefficient (Wildman–Crippen LogP) is 2.80. The molecule has 2 aliphatic rings. The first kappa shape index (κ1) is 7.53. The van der Waals surface area contributed by atoms with E-state index in [1.807, 2.05) is 11.8 Å². The molecule has 0 saturated heterocycles. The van der Waals surface area contributed by atoms with E-state index in [0.717, 1.165) is 6.04 Å². The minimum atomic E-state index is 0.870. The summed E-state index contributed by atoms with van der Waals surface area (Å²) in [6.45, 7) is 0. The first-order chi connectivity index (χ1) is 5.47. The molecule has 0 aromatic carbocycles. The molecular weight excluding hydrogens is 154 g/mol. The first-order valence-electron chi connectivity index (χ1n) is 4.51. The zero-order valence-corrected chi connectivity index (χ0v) is 7.65. The van der Waals surface area contributed by atoms with E-state index < -0.39 is 0 Å². The molecule has 11 heavy (non-hydrogen) atoms. The predicted molar refractivity (Wildman–Crippen MR) is 50.3 cm³/mol. The lowest BCUT2D eigenvalue weighted by molar-refractivity contribution is 0.249. The van der Waals surface area contributed by atoms with Crippen LogP contribution >= 0.6 is 11.8 Å². The number of hydrogen-bond acceptors (Lipinski definition) is 2.